The van der Waals surface area contributed by atoms with E-state index in [-0.39, 0.29) is 17.9 Å². The molecule has 6 rings (SSSR count). The molecule has 3 fully saturated rings. The van der Waals surface area contributed by atoms with Crippen molar-refractivity contribution >= 4 is 28.9 Å². The number of carboxylic acids is 1. The number of nitrogens with zero attached hydrogens (tertiary/aromatic N) is 6. The molecule has 0 radical (unpaired) electrons. The number of carbonyl (C=O) groups is 1. The molecule has 0 bridgehead atoms. The van der Waals surface area contributed by atoms with E-state index in [0.29, 0.717) is 23.3 Å². The van der Waals surface area contributed by atoms with Gasteiger partial charge in [-0.3, -0.25) is 4.98 Å². The summed E-state index contributed by atoms with van der Waals surface area (Å²) in [5.41, 5.74) is 2.36. The minimum Gasteiger partial charge on any atom is -0.475 e. The first-order chi connectivity index (χ1) is 19.0. The van der Waals surface area contributed by atoms with E-state index in [2.05, 4.69) is 50.7 Å². The highest BCUT2D eigenvalue weighted by Gasteiger charge is 2.33. The van der Waals surface area contributed by atoms with Crippen LogP contribution in [0.1, 0.15) is 100 Å². The molecule has 3 aromatic rings. The lowest BCUT2D eigenvalue weighted by Crippen LogP contribution is -2.36. The van der Waals surface area contributed by atoms with Gasteiger partial charge in [-0.15, -0.1) is 0 Å². The number of anilines is 2. The van der Waals surface area contributed by atoms with Gasteiger partial charge in [0.15, 0.2) is 11.5 Å². The van der Waals surface area contributed by atoms with Crippen molar-refractivity contribution in [3.8, 4) is 0 Å². The van der Waals surface area contributed by atoms with E-state index in [4.69, 9.17) is 9.97 Å². The number of pyridine rings is 1. The third-order valence-electron chi connectivity index (χ3n) is 9.36. The van der Waals surface area contributed by atoms with Crippen molar-refractivity contribution in [2.75, 3.05) is 16.8 Å². The smallest absolute Gasteiger partial charge is 0.374 e. The summed E-state index contributed by atoms with van der Waals surface area (Å²) in [5.74, 6) is 2.05. The van der Waals surface area contributed by atoms with Gasteiger partial charge < -0.3 is 19.9 Å². The fourth-order valence-electron chi connectivity index (χ4n) is 6.71. The van der Waals surface area contributed by atoms with Gasteiger partial charge in [0, 0.05) is 25.3 Å². The maximum absolute atomic E-state index is 12.1. The molecule has 4 heterocycles. The molecule has 208 valence electrons. The number of carboxylic acid groups (broad SMARTS) is 1. The van der Waals surface area contributed by atoms with Crippen molar-refractivity contribution in [2.24, 2.45) is 17.8 Å². The van der Waals surface area contributed by atoms with Crippen molar-refractivity contribution < 1.29 is 9.90 Å². The molecule has 0 spiro atoms. The highest BCUT2D eigenvalue weighted by Crippen LogP contribution is 2.39. The predicted molar refractivity (Wildman–Crippen MR) is 152 cm³/mol. The zero-order valence-electron chi connectivity index (χ0n) is 23.2. The van der Waals surface area contributed by atoms with Crippen molar-refractivity contribution in [1.82, 2.24) is 24.5 Å². The van der Waals surface area contributed by atoms with Gasteiger partial charge in [-0.05, 0) is 81.8 Å². The maximum atomic E-state index is 12.1. The molecule has 9 heteroatoms. The van der Waals surface area contributed by atoms with Crippen molar-refractivity contribution in [2.45, 2.75) is 96.7 Å². The Morgan fingerprint density at radius 1 is 1.05 bits per heavy atom. The summed E-state index contributed by atoms with van der Waals surface area (Å²) < 4.78 is 2.32. The molecule has 39 heavy (non-hydrogen) atoms. The number of aromatic nitrogens is 5. The molecular weight excluding hydrogens is 490 g/mol. The van der Waals surface area contributed by atoms with Gasteiger partial charge in [-0.25, -0.2) is 14.8 Å². The van der Waals surface area contributed by atoms with Crippen LogP contribution in [-0.4, -0.2) is 48.2 Å². The molecule has 2 atom stereocenters. The normalized spacial score (nSPS) is 24.9. The van der Waals surface area contributed by atoms with Gasteiger partial charge in [0.1, 0.15) is 5.52 Å². The van der Waals surface area contributed by atoms with Crippen LogP contribution in [0, 0.1) is 17.8 Å². The Kier molecular flexibility index (Phi) is 7.40. The molecule has 3 aromatic heterocycles. The van der Waals surface area contributed by atoms with Crippen LogP contribution in [0.15, 0.2) is 24.4 Å². The maximum Gasteiger partial charge on any atom is 0.374 e. The van der Waals surface area contributed by atoms with Gasteiger partial charge in [0.2, 0.25) is 11.8 Å². The fraction of sp³-hybridized carbons (Fsp3) is 0.633. The molecule has 2 N–H and O–H groups in total. The lowest BCUT2D eigenvalue weighted by atomic mass is 9.80. The monoisotopic (exact) mass is 531 g/mol. The molecule has 1 aliphatic heterocycles. The van der Waals surface area contributed by atoms with E-state index in [0.717, 1.165) is 55.4 Å². The molecule has 2 aliphatic carbocycles. The van der Waals surface area contributed by atoms with E-state index < -0.39 is 5.97 Å². The van der Waals surface area contributed by atoms with Crippen molar-refractivity contribution in [3.05, 3.63) is 35.9 Å². The topological polar surface area (TPSA) is 109 Å². The second-order valence-electron chi connectivity index (χ2n) is 12.1. The molecule has 1 unspecified atom stereocenters. The number of rotatable bonds is 8. The Bertz CT molecular complexity index is 1300. The minimum atomic E-state index is -1.13. The van der Waals surface area contributed by atoms with E-state index in [1.54, 1.807) is 0 Å². The summed E-state index contributed by atoms with van der Waals surface area (Å²) in [5, 5.41) is 13.5. The summed E-state index contributed by atoms with van der Waals surface area (Å²) in [6.45, 7) is 6.26. The Balaban J connectivity index is 1.47. The number of fused-ring (bicyclic) bond motifs is 1. The summed E-state index contributed by atoms with van der Waals surface area (Å²) in [7, 11) is 0. The van der Waals surface area contributed by atoms with E-state index >= 15 is 0 Å². The van der Waals surface area contributed by atoms with Gasteiger partial charge >= 0.3 is 5.97 Å². The molecule has 9 nitrogen and oxygen atoms in total. The molecule has 0 aromatic carbocycles. The number of imidazole rings is 1. The van der Waals surface area contributed by atoms with Gasteiger partial charge in [-0.1, -0.05) is 32.3 Å². The average molecular weight is 532 g/mol. The Morgan fingerprint density at radius 3 is 2.56 bits per heavy atom. The largest absolute Gasteiger partial charge is 0.475 e. The minimum absolute atomic E-state index is 0.124. The Morgan fingerprint density at radius 2 is 1.87 bits per heavy atom. The van der Waals surface area contributed by atoms with Crippen LogP contribution >= 0.6 is 0 Å². The Labute approximate surface area is 230 Å². The van der Waals surface area contributed by atoms with E-state index in [1.165, 1.54) is 44.9 Å². The lowest BCUT2D eigenvalue weighted by Gasteiger charge is -2.37. The second-order valence-corrected chi connectivity index (χ2v) is 12.1. The molecule has 2 saturated carbocycles. The second kappa shape index (κ2) is 11.1. The van der Waals surface area contributed by atoms with Gasteiger partial charge in [-0.2, -0.15) is 4.98 Å². The highest BCUT2D eigenvalue weighted by molar-refractivity contribution is 5.91. The summed E-state index contributed by atoms with van der Waals surface area (Å²) in [6.07, 6.45) is 13.6. The lowest BCUT2D eigenvalue weighted by molar-refractivity contribution is 0.0684. The van der Waals surface area contributed by atoms with Gasteiger partial charge in [0.25, 0.3) is 0 Å². The SMILES string of the molecule is C[C@@H](Nc1nc(C(=O)O)nc2nc(N3CCCCC3c3ccccn3)n(C[C@H]3CC[C@H](C)CC3)c12)C1CCC1. The standard InChI is InChI=1S/C30H41N7O2/c1-19-12-14-21(15-13-19)18-37-25-26(32-20(2)22-8-7-9-22)33-28(29(38)39)34-27(25)35-30(37)36-17-6-4-11-24(36)23-10-3-5-16-31-23/h3,5,10,16,19-22,24H,4,6-9,11-15,17-18H2,1-2H3,(H,38,39)(H,32,33,34)/t19-,20-,21-,24?/m1/s1. The van der Waals surface area contributed by atoms with Crippen molar-refractivity contribution in [3.63, 3.8) is 0 Å². The van der Waals surface area contributed by atoms with Crippen molar-refractivity contribution in [1.29, 1.82) is 0 Å². The van der Waals surface area contributed by atoms with Crippen LogP contribution < -0.4 is 10.2 Å². The zero-order chi connectivity index (χ0) is 26.9. The number of hydrogen-bond acceptors (Lipinski definition) is 7. The third kappa shape index (κ3) is 5.32. The summed E-state index contributed by atoms with van der Waals surface area (Å²) >= 11 is 0. The summed E-state index contributed by atoms with van der Waals surface area (Å²) in [6, 6.07) is 6.44. The van der Waals surface area contributed by atoms with E-state index in [1.807, 2.05) is 12.3 Å². The quantitative estimate of drug-likeness (QED) is 0.360. The predicted octanol–water partition coefficient (Wildman–Crippen LogP) is 6.08. The van der Waals surface area contributed by atoms with Crippen LogP contribution in [-0.2, 0) is 6.54 Å². The first kappa shape index (κ1) is 26.0. The van der Waals surface area contributed by atoms with Crippen LogP contribution in [0.3, 0.4) is 0 Å². The third-order valence-corrected chi connectivity index (χ3v) is 9.36. The zero-order valence-corrected chi connectivity index (χ0v) is 23.2. The van der Waals surface area contributed by atoms with Gasteiger partial charge in [0.05, 0.1) is 11.7 Å². The first-order valence-electron chi connectivity index (χ1n) is 14.9. The number of piperidine rings is 1. The number of aromatic carboxylic acids is 1. The molecule has 0 amide bonds. The number of hydrogen-bond donors (Lipinski definition) is 2. The summed E-state index contributed by atoms with van der Waals surface area (Å²) in [4.78, 5) is 33.3. The van der Waals surface area contributed by atoms with Crippen LogP contribution in [0.2, 0.25) is 0 Å². The van der Waals surface area contributed by atoms with Crippen LogP contribution in [0.5, 0.6) is 0 Å². The highest BCUT2D eigenvalue weighted by atomic mass is 16.4. The fourth-order valence-corrected chi connectivity index (χ4v) is 6.71. The molecular formula is C30H41N7O2. The average Bonchev–Trinajstić information content (AvgIpc) is 3.27. The molecule has 3 aliphatic rings. The first-order valence-corrected chi connectivity index (χ1v) is 14.9. The molecule has 1 saturated heterocycles. The number of nitrogens with one attached hydrogen (secondary N) is 1. The van der Waals surface area contributed by atoms with Crippen LogP contribution in [0.4, 0.5) is 11.8 Å². The Hall–Kier alpha value is -3.23. The van der Waals surface area contributed by atoms with Crippen LogP contribution in [0.25, 0.3) is 11.2 Å². The van der Waals surface area contributed by atoms with E-state index in [9.17, 15) is 9.90 Å².